The van der Waals surface area contributed by atoms with Gasteiger partial charge in [0.05, 0.1) is 25.9 Å². The summed E-state index contributed by atoms with van der Waals surface area (Å²) in [7, 11) is 1.86. The van der Waals surface area contributed by atoms with Gasteiger partial charge in [0.2, 0.25) is 0 Å². The van der Waals surface area contributed by atoms with E-state index < -0.39 is 12.8 Å². The zero-order valence-corrected chi connectivity index (χ0v) is 17.0. The second-order valence-electron chi connectivity index (χ2n) is 6.97. The van der Waals surface area contributed by atoms with Gasteiger partial charge in [0, 0.05) is 31.9 Å². The van der Waals surface area contributed by atoms with Crippen molar-refractivity contribution in [3.05, 3.63) is 47.8 Å². The van der Waals surface area contributed by atoms with Gasteiger partial charge in [-0.15, -0.1) is 0 Å². The quantitative estimate of drug-likeness (QED) is 0.570. The fraction of sp³-hybridized carbons (Fsp3) is 0.500. The van der Waals surface area contributed by atoms with Crippen LogP contribution in [0.25, 0.3) is 0 Å². The maximum atomic E-state index is 12.4. The van der Waals surface area contributed by atoms with Gasteiger partial charge in [0.15, 0.2) is 12.6 Å². The van der Waals surface area contributed by atoms with Crippen molar-refractivity contribution in [3.8, 4) is 5.75 Å². The Bertz CT molecular complexity index is 853. The standard InChI is InChI=1S/C20H26F3N5O2/c1-3-24-19(28-7-8-29-18(13-28)16-11-26-27(2)12-16)25-10-15-5-4-6-17(9-15)30-14-20(21,22)23/h4-6,9,11-12,18H,3,7-8,10,13-14H2,1-2H3,(H,24,25). The third kappa shape index (κ3) is 6.38. The molecule has 1 atom stereocenters. The fourth-order valence-electron chi connectivity index (χ4n) is 3.14. The van der Waals surface area contributed by atoms with E-state index in [9.17, 15) is 13.2 Å². The monoisotopic (exact) mass is 425 g/mol. The van der Waals surface area contributed by atoms with Gasteiger partial charge < -0.3 is 19.7 Å². The van der Waals surface area contributed by atoms with Gasteiger partial charge in [-0.1, -0.05) is 12.1 Å². The van der Waals surface area contributed by atoms with Crippen LogP contribution in [0.4, 0.5) is 13.2 Å². The molecule has 0 amide bonds. The number of benzene rings is 1. The Morgan fingerprint density at radius 2 is 2.23 bits per heavy atom. The van der Waals surface area contributed by atoms with Gasteiger partial charge >= 0.3 is 6.18 Å². The van der Waals surface area contributed by atoms with Crippen LogP contribution in [-0.4, -0.2) is 59.7 Å². The molecule has 1 saturated heterocycles. The number of morpholine rings is 1. The maximum absolute atomic E-state index is 12.4. The summed E-state index contributed by atoms with van der Waals surface area (Å²) >= 11 is 0. The first kappa shape index (κ1) is 21.9. The minimum atomic E-state index is -4.37. The van der Waals surface area contributed by atoms with Gasteiger partial charge in [0.1, 0.15) is 11.9 Å². The largest absolute Gasteiger partial charge is 0.484 e. The molecule has 3 rings (SSSR count). The smallest absolute Gasteiger partial charge is 0.422 e. The molecular formula is C20H26F3N5O2. The van der Waals surface area contributed by atoms with Crippen LogP contribution in [0.1, 0.15) is 24.2 Å². The van der Waals surface area contributed by atoms with Crippen molar-refractivity contribution in [3.63, 3.8) is 0 Å². The van der Waals surface area contributed by atoms with Gasteiger partial charge in [-0.25, -0.2) is 4.99 Å². The summed E-state index contributed by atoms with van der Waals surface area (Å²) in [6, 6.07) is 6.56. The summed E-state index contributed by atoms with van der Waals surface area (Å²) in [6.07, 6.45) is -0.738. The molecule has 1 aliphatic rings. The van der Waals surface area contributed by atoms with Crippen molar-refractivity contribution in [1.82, 2.24) is 20.0 Å². The molecule has 0 aliphatic carbocycles. The summed E-state index contributed by atoms with van der Waals surface area (Å²) in [5.41, 5.74) is 1.77. The molecule has 1 N–H and O–H groups in total. The topological polar surface area (TPSA) is 63.9 Å². The lowest BCUT2D eigenvalue weighted by Gasteiger charge is -2.34. The van der Waals surface area contributed by atoms with Crippen molar-refractivity contribution in [2.24, 2.45) is 12.0 Å². The number of halogens is 3. The highest BCUT2D eigenvalue weighted by Gasteiger charge is 2.28. The lowest BCUT2D eigenvalue weighted by atomic mass is 10.1. The molecule has 7 nitrogen and oxygen atoms in total. The molecule has 1 aromatic heterocycles. The summed E-state index contributed by atoms with van der Waals surface area (Å²) in [5, 5.41) is 7.48. The van der Waals surface area contributed by atoms with E-state index in [1.54, 1.807) is 23.0 Å². The van der Waals surface area contributed by atoms with Crippen LogP contribution >= 0.6 is 0 Å². The number of rotatable bonds is 6. The minimum absolute atomic E-state index is 0.101. The normalized spacial score (nSPS) is 17.8. The minimum Gasteiger partial charge on any atom is -0.484 e. The van der Waals surface area contributed by atoms with E-state index in [4.69, 9.17) is 9.47 Å². The Balaban J connectivity index is 1.67. The molecule has 30 heavy (non-hydrogen) atoms. The maximum Gasteiger partial charge on any atom is 0.422 e. The fourth-order valence-corrected chi connectivity index (χ4v) is 3.14. The van der Waals surface area contributed by atoms with Crippen molar-refractivity contribution in [2.75, 3.05) is 32.8 Å². The number of ether oxygens (including phenoxy) is 2. The lowest BCUT2D eigenvalue weighted by Crippen LogP contribution is -2.48. The number of aryl methyl sites for hydroxylation is 1. The first-order chi connectivity index (χ1) is 14.3. The van der Waals surface area contributed by atoms with E-state index in [1.165, 1.54) is 6.07 Å². The highest BCUT2D eigenvalue weighted by atomic mass is 19.4. The van der Waals surface area contributed by atoms with Crippen LogP contribution in [0.3, 0.4) is 0 Å². The number of nitrogens with zero attached hydrogens (tertiary/aromatic N) is 4. The molecule has 0 radical (unpaired) electrons. The molecule has 2 aromatic rings. The van der Waals surface area contributed by atoms with Crippen molar-refractivity contribution < 1.29 is 22.6 Å². The number of alkyl halides is 3. The Kier molecular flexibility index (Phi) is 7.20. The van der Waals surface area contributed by atoms with E-state index in [0.29, 0.717) is 32.8 Å². The lowest BCUT2D eigenvalue weighted by molar-refractivity contribution is -0.153. The zero-order valence-electron chi connectivity index (χ0n) is 17.0. The Morgan fingerprint density at radius 1 is 1.40 bits per heavy atom. The Hall–Kier alpha value is -2.75. The zero-order chi connectivity index (χ0) is 21.6. The molecule has 0 saturated carbocycles. The molecule has 1 aliphatic heterocycles. The number of aromatic nitrogens is 2. The van der Waals surface area contributed by atoms with Gasteiger partial charge in [-0.3, -0.25) is 4.68 Å². The summed E-state index contributed by atoms with van der Waals surface area (Å²) in [4.78, 5) is 6.79. The van der Waals surface area contributed by atoms with Gasteiger partial charge in [0.25, 0.3) is 0 Å². The van der Waals surface area contributed by atoms with E-state index in [1.807, 2.05) is 26.2 Å². The second-order valence-corrected chi connectivity index (χ2v) is 6.97. The number of nitrogens with one attached hydrogen (secondary N) is 1. The first-order valence-electron chi connectivity index (χ1n) is 9.76. The SMILES string of the molecule is CCNC(=NCc1cccc(OCC(F)(F)F)c1)N1CCOC(c2cnn(C)c2)C1. The summed E-state index contributed by atoms with van der Waals surface area (Å²) in [5.74, 6) is 0.907. The molecule has 1 unspecified atom stereocenters. The first-order valence-corrected chi connectivity index (χ1v) is 9.76. The Morgan fingerprint density at radius 3 is 2.93 bits per heavy atom. The van der Waals surface area contributed by atoms with Crippen molar-refractivity contribution in [2.45, 2.75) is 25.7 Å². The summed E-state index contributed by atoms with van der Waals surface area (Å²) < 4.78 is 49.5. The van der Waals surface area contributed by atoms with E-state index >= 15 is 0 Å². The highest BCUT2D eigenvalue weighted by molar-refractivity contribution is 5.80. The molecular weight excluding hydrogens is 399 g/mol. The molecule has 1 fully saturated rings. The average Bonchev–Trinajstić information content (AvgIpc) is 3.16. The predicted molar refractivity (Wildman–Crippen MR) is 106 cm³/mol. The molecule has 1 aromatic carbocycles. The molecule has 10 heteroatoms. The van der Waals surface area contributed by atoms with Crippen molar-refractivity contribution >= 4 is 5.96 Å². The molecule has 164 valence electrons. The molecule has 0 spiro atoms. The average molecular weight is 425 g/mol. The van der Waals surface area contributed by atoms with Crippen LogP contribution in [0.2, 0.25) is 0 Å². The number of guanidine groups is 1. The molecule has 2 heterocycles. The third-order valence-electron chi connectivity index (χ3n) is 4.51. The molecule has 0 bridgehead atoms. The van der Waals surface area contributed by atoms with Crippen LogP contribution in [0.15, 0.2) is 41.7 Å². The number of hydrogen-bond donors (Lipinski definition) is 1. The predicted octanol–water partition coefficient (Wildman–Crippen LogP) is 2.90. The van der Waals surface area contributed by atoms with Crippen molar-refractivity contribution in [1.29, 1.82) is 0 Å². The van der Waals surface area contributed by atoms with E-state index in [-0.39, 0.29) is 11.9 Å². The van der Waals surface area contributed by atoms with Gasteiger partial charge in [-0.05, 0) is 24.6 Å². The second kappa shape index (κ2) is 9.84. The summed E-state index contributed by atoms with van der Waals surface area (Å²) in [6.45, 7) is 3.57. The van der Waals surface area contributed by atoms with Gasteiger partial charge in [-0.2, -0.15) is 18.3 Å². The van der Waals surface area contributed by atoms with Crippen LogP contribution < -0.4 is 10.1 Å². The third-order valence-corrected chi connectivity index (χ3v) is 4.51. The highest BCUT2D eigenvalue weighted by Crippen LogP contribution is 2.22. The van der Waals surface area contributed by atoms with Crippen LogP contribution in [-0.2, 0) is 18.3 Å². The number of aliphatic imine (C=N–C) groups is 1. The van der Waals surface area contributed by atoms with E-state index in [0.717, 1.165) is 17.1 Å². The van der Waals surface area contributed by atoms with Crippen LogP contribution in [0, 0.1) is 0 Å². The van der Waals surface area contributed by atoms with Crippen LogP contribution in [0.5, 0.6) is 5.75 Å². The van der Waals surface area contributed by atoms with E-state index in [2.05, 4.69) is 20.3 Å². The number of hydrogen-bond acceptors (Lipinski definition) is 4. The Labute approximate surface area is 173 Å².